The molecule has 1 fully saturated rings. The third-order valence-electron chi connectivity index (χ3n) is 2.71. The quantitative estimate of drug-likeness (QED) is 0.665. The van der Waals surface area contributed by atoms with Crippen LogP contribution in [0.1, 0.15) is 39.5 Å². The molecule has 0 unspecified atom stereocenters. The third kappa shape index (κ3) is 3.35. The summed E-state index contributed by atoms with van der Waals surface area (Å²) in [5.74, 6) is -0.496. The van der Waals surface area contributed by atoms with Crippen LogP contribution >= 0.6 is 0 Å². The molecule has 0 saturated heterocycles. The molecule has 0 bridgehead atoms. The van der Waals surface area contributed by atoms with Crippen molar-refractivity contribution >= 4 is 5.97 Å². The second-order valence-corrected chi connectivity index (χ2v) is 4.51. The van der Waals surface area contributed by atoms with E-state index in [1.165, 1.54) is 0 Å². The van der Waals surface area contributed by atoms with Crippen molar-refractivity contribution in [3.8, 4) is 0 Å². The van der Waals surface area contributed by atoms with Gasteiger partial charge in [-0.15, -0.1) is 0 Å². The van der Waals surface area contributed by atoms with Crippen LogP contribution < -0.4 is 0 Å². The first kappa shape index (κ1) is 10.5. The van der Waals surface area contributed by atoms with E-state index in [1.807, 2.05) is 0 Å². The molecule has 1 rings (SSSR count). The molecule has 1 aliphatic rings. The van der Waals surface area contributed by atoms with Crippen LogP contribution in [0.5, 0.6) is 0 Å². The SMILES string of the molecule is CC1(C)CCC(OC(=O)CO)CC1. The van der Waals surface area contributed by atoms with Crippen LogP contribution in [0.2, 0.25) is 0 Å². The van der Waals surface area contributed by atoms with Crippen LogP contribution in [-0.4, -0.2) is 23.8 Å². The van der Waals surface area contributed by atoms with Crippen molar-refractivity contribution in [2.24, 2.45) is 5.41 Å². The lowest BCUT2D eigenvalue weighted by Gasteiger charge is -2.33. The van der Waals surface area contributed by atoms with Crippen molar-refractivity contribution in [2.75, 3.05) is 6.61 Å². The Hall–Kier alpha value is -0.570. The summed E-state index contributed by atoms with van der Waals surface area (Å²) in [4.78, 5) is 10.8. The molecule has 0 aliphatic heterocycles. The van der Waals surface area contributed by atoms with Gasteiger partial charge in [-0.05, 0) is 31.1 Å². The molecular weight excluding hydrogens is 168 g/mol. The van der Waals surface area contributed by atoms with Gasteiger partial charge in [-0.2, -0.15) is 0 Å². The highest BCUT2D eigenvalue weighted by Crippen LogP contribution is 2.36. The maximum Gasteiger partial charge on any atom is 0.332 e. The average molecular weight is 186 g/mol. The van der Waals surface area contributed by atoms with Crippen LogP contribution in [-0.2, 0) is 9.53 Å². The van der Waals surface area contributed by atoms with Crippen molar-refractivity contribution in [2.45, 2.75) is 45.6 Å². The first-order valence-electron chi connectivity index (χ1n) is 4.84. The molecule has 0 spiro atoms. The summed E-state index contributed by atoms with van der Waals surface area (Å²) in [5, 5.41) is 8.49. The summed E-state index contributed by atoms with van der Waals surface area (Å²) >= 11 is 0. The van der Waals surface area contributed by atoms with Crippen molar-refractivity contribution in [3.63, 3.8) is 0 Å². The van der Waals surface area contributed by atoms with E-state index in [2.05, 4.69) is 13.8 Å². The van der Waals surface area contributed by atoms with Gasteiger partial charge in [-0.25, -0.2) is 4.79 Å². The molecule has 0 aromatic rings. The minimum Gasteiger partial charge on any atom is -0.461 e. The van der Waals surface area contributed by atoms with Gasteiger partial charge in [0.1, 0.15) is 12.7 Å². The summed E-state index contributed by atoms with van der Waals surface area (Å²) in [6.07, 6.45) is 4.08. The van der Waals surface area contributed by atoms with Gasteiger partial charge < -0.3 is 9.84 Å². The van der Waals surface area contributed by atoms with Gasteiger partial charge in [0.05, 0.1) is 0 Å². The lowest BCUT2D eigenvalue weighted by atomic mass is 9.76. The molecule has 0 aromatic carbocycles. The van der Waals surface area contributed by atoms with Crippen LogP contribution in [0.4, 0.5) is 0 Å². The molecule has 13 heavy (non-hydrogen) atoms. The molecule has 0 heterocycles. The Morgan fingerprint density at radius 2 is 2.00 bits per heavy atom. The topological polar surface area (TPSA) is 46.5 Å². The zero-order valence-electron chi connectivity index (χ0n) is 8.38. The van der Waals surface area contributed by atoms with Crippen LogP contribution in [0.15, 0.2) is 0 Å². The van der Waals surface area contributed by atoms with E-state index in [9.17, 15) is 4.79 Å². The van der Waals surface area contributed by atoms with Crippen molar-refractivity contribution in [1.29, 1.82) is 0 Å². The molecule has 0 aromatic heterocycles. The summed E-state index contributed by atoms with van der Waals surface area (Å²) < 4.78 is 5.04. The Bertz CT molecular complexity index is 177. The fourth-order valence-corrected chi connectivity index (χ4v) is 1.71. The molecule has 0 amide bonds. The summed E-state index contributed by atoms with van der Waals surface area (Å²) in [6.45, 7) is 3.97. The van der Waals surface area contributed by atoms with Gasteiger partial charge in [0, 0.05) is 0 Å². The minimum atomic E-state index is -0.500. The number of rotatable bonds is 2. The second-order valence-electron chi connectivity index (χ2n) is 4.51. The maximum absolute atomic E-state index is 10.8. The fraction of sp³-hybridized carbons (Fsp3) is 0.900. The Labute approximate surface area is 79.1 Å². The van der Waals surface area contributed by atoms with E-state index in [-0.39, 0.29) is 6.10 Å². The summed E-state index contributed by atoms with van der Waals surface area (Å²) in [6, 6.07) is 0. The molecule has 1 aliphatic carbocycles. The second kappa shape index (κ2) is 4.09. The zero-order valence-corrected chi connectivity index (χ0v) is 8.38. The Balaban J connectivity index is 2.29. The fourth-order valence-electron chi connectivity index (χ4n) is 1.71. The van der Waals surface area contributed by atoms with E-state index >= 15 is 0 Å². The van der Waals surface area contributed by atoms with Crippen LogP contribution in [0, 0.1) is 5.41 Å². The van der Waals surface area contributed by atoms with E-state index < -0.39 is 12.6 Å². The monoisotopic (exact) mass is 186 g/mol. The first-order valence-corrected chi connectivity index (χ1v) is 4.84. The highest BCUT2D eigenvalue weighted by atomic mass is 16.6. The van der Waals surface area contributed by atoms with E-state index in [0.29, 0.717) is 5.41 Å². The van der Waals surface area contributed by atoms with Gasteiger partial charge in [-0.3, -0.25) is 0 Å². The third-order valence-corrected chi connectivity index (χ3v) is 2.71. The molecule has 3 heteroatoms. The molecule has 1 saturated carbocycles. The minimum absolute atomic E-state index is 0.0349. The van der Waals surface area contributed by atoms with Crippen molar-refractivity contribution < 1.29 is 14.6 Å². The highest BCUT2D eigenvalue weighted by Gasteiger charge is 2.28. The first-order chi connectivity index (χ1) is 6.03. The predicted molar refractivity (Wildman–Crippen MR) is 49.2 cm³/mol. The largest absolute Gasteiger partial charge is 0.461 e. The number of carbonyl (C=O) groups excluding carboxylic acids is 1. The van der Waals surface area contributed by atoms with Crippen LogP contribution in [0.3, 0.4) is 0 Å². The summed E-state index contributed by atoms with van der Waals surface area (Å²) in [5.41, 5.74) is 0.391. The van der Waals surface area contributed by atoms with Crippen molar-refractivity contribution in [1.82, 2.24) is 0 Å². The number of esters is 1. The molecule has 0 radical (unpaired) electrons. The van der Waals surface area contributed by atoms with E-state index in [1.54, 1.807) is 0 Å². The Kier molecular flexibility index (Phi) is 3.31. The number of carbonyl (C=O) groups is 1. The number of hydrogen-bond donors (Lipinski definition) is 1. The molecule has 0 atom stereocenters. The van der Waals surface area contributed by atoms with Gasteiger partial charge in [0.2, 0.25) is 0 Å². The van der Waals surface area contributed by atoms with Crippen LogP contribution in [0.25, 0.3) is 0 Å². The van der Waals surface area contributed by atoms with Crippen molar-refractivity contribution in [3.05, 3.63) is 0 Å². The molecule has 3 nitrogen and oxygen atoms in total. The van der Waals surface area contributed by atoms with Gasteiger partial charge in [-0.1, -0.05) is 13.8 Å². The molecular formula is C10H18O3. The molecule has 76 valence electrons. The number of aliphatic hydroxyl groups excluding tert-OH is 1. The smallest absolute Gasteiger partial charge is 0.332 e. The normalized spacial score (nSPS) is 22.7. The van der Waals surface area contributed by atoms with E-state index in [0.717, 1.165) is 25.7 Å². The Morgan fingerprint density at radius 1 is 1.46 bits per heavy atom. The number of aliphatic hydroxyl groups is 1. The number of hydrogen-bond acceptors (Lipinski definition) is 3. The lowest BCUT2D eigenvalue weighted by Crippen LogP contribution is -2.29. The molecule has 1 N–H and O–H groups in total. The van der Waals surface area contributed by atoms with Gasteiger partial charge in [0.25, 0.3) is 0 Å². The van der Waals surface area contributed by atoms with Gasteiger partial charge in [0.15, 0.2) is 0 Å². The van der Waals surface area contributed by atoms with Gasteiger partial charge >= 0.3 is 5.97 Å². The zero-order chi connectivity index (χ0) is 9.90. The average Bonchev–Trinajstić information content (AvgIpc) is 2.08. The number of ether oxygens (including phenoxy) is 1. The van der Waals surface area contributed by atoms with E-state index in [4.69, 9.17) is 9.84 Å². The Morgan fingerprint density at radius 3 is 2.46 bits per heavy atom. The summed E-state index contributed by atoms with van der Waals surface area (Å²) in [7, 11) is 0. The predicted octanol–water partition coefficient (Wildman–Crippen LogP) is 1.49. The maximum atomic E-state index is 10.8. The lowest BCUT2D eigenvalue weighted by molar-refractivity contribution is -0.154. The highest BCUT2D eigenvalue weighted by molar-refractivity contribution is 5.70. The standard InChI is InChI=1S/C10H18O3/c1-10(2)5-3-8(4-6-10)13-9(12)7-11/h8,11H,3-7H2,1-2H3.